The van der Waals surface area contributed by atoms with Crippen LogP contribution in [0.3, 0.4) is 0 Å². The molecule has 2 aromatic carbocycles. The molecular formula is C20H23NO5. The maximum atomic E-state index is 13.1. The lowest BCUT2D eigenvalue weighted by Gasteiger charge is -2.27. The molecule has 0 aliphatic heterocycles. The summed E-state index contributed by atoms with van der Waals surface area (Å²) in [6.07, 6.45) is 0. The monoisotopic (exact) mass is 357 g/mol. The first-order valence-corrected chi connectivity index (χ1v) is 8.19. The molecule has 0 aromatic heterocycles. The molecule has 0 bridgehead atoms. The number of amides is 1. The molecule has 6 heteroatoms. The van der Waals surface area contributed by atoms with Gasteiger partial charge in [0, 0.05) is 12.1 Å². The fourth-order valence-electron chi connectivity index (χ4n) is 2.66. The van der Waals surface area contributed by atoms with Gasteiger partial charge in [-0.05, 0) is 37.1 Å². The van der Waals surface area contributed by atoms with Gasteiger partial charge < -0.3 is 19.5 Å². The summed E-state index contributed by atoms with van der Waals surface area (Å²) >= 11 is 0. The van der Waals surface area contributed by atoms with Crippen molar-refractivity contribution in [2.75, 3.05) is 14.2 Å². The second-order valence-electron chi connectivity index (χ2n) is 5.95. The van der Waals surface area contributed by atoms with Crippen LogP contribution in [0.2, 0.25) is 0 Å². The summed E-state index contributed by atoms with van der Waals surface area (Å²) in [7, 11) is 3.01. The Labute approximate surface area is 153 Å². The predicted molar refractivity (Wildman–Crippen MR) is 97.7 cm³/mol. The minimum atomic E-state index is -1.06. The average molecular weight is 357 g/mol. The molecule has 1 atom stereocenters. The van der Waals surface area contributed by atoms with Gasteiger partial charge in [0.05, 0.1) is 14.2 Å². The van der Waals surface area contributed by atoms with Crippen molar-refractivity contribution in [1.82, 2.24) is 4.90 Å². The van der Waals surface area contributed by atoms with Gasteiger partial charge in [-0.1, -0.05) is 30.3 Å². The Kier molecular flexibility index (Phi) is 6.22. The number of ether oxygens (including phenoxy) is 2. The number of hydrogen-bond acceptors (Lipinski definition) is 4. The first-order chi connectivity index (χ1) is 12.4. The van der Waals surface area contributed by atoms with E-state index < -0.39 is 12.0 Å². The zero-order valence-corrected chi connectivity index (χ0v) is 15.4. The van der Waals surface area contributed by atoms with Crippen molar-refractivity contribution in [2.24, 2.45) is 0 Å². The van der Waals surface area contributed by atoms with Crippen LogP contribution in [0.5, 0.6) is 11.5 Å². The van der Waals surface area contributed by atoms with E-state index in [4.69, 9.17) is 9.47 Å². The largest absolute Gasteiger partial charge is 0.493 e. The summed E-state index contributed by atoms with van der Waals surface area (Å²) in [5.74, 6) is -0.499. The summed E-state index contributed by atoms with van der Waals surface area (Å²) in [5, 5.41) is 9.44. The molecule has 0 fully saturated rings. The number of rotatable bonds is 7. The van der Waals surface area contributed by atoms with Crippen molar-refractivity contribution in [2.45, 2.75) is 26.4 Å². The van der Waals surface area contributed by atoms with E-state index in [1.165, 1.54) is 26.0 Å². The number of carbonyl (C=O) groups is 2. The molecule has 0 saturated heterocycles. The first kappa shape index (κ1) is 19.3. The third-order valence-corrected chi connectivity index (χ3v) is 4.24. The highest BCUT2D eigenvalue weighted by molar-refractivity contribution is 5.98. The van der Waals surface area contributed by atoms with Gasteiger partial charge in [-0.2, -0.15) is 0 Å². The SMILES string of the molecule is COc1cc(C)c(C(=O)N(Cc2ccccc2)C(C)C(=O)O)cc1OC. The Morgan fingerprint density at radius 1 is 1.08 bits per heavy atom. The van der Waals surface area contributed by atoms with Gasteiger partial charge in [0.2, 0.25) is 0 Å². The third-order valence-electron chi connectivity index (χ3n) is 4.24. The van der Waals surface area contributed by atoms with Crippen LogP contribution in [0.25, 0.3) is 0 Å². The predicted octanol–water partition coefficient (Wildman–Crippen LogP) is 3.13. The Hall–Kier alpha value is -3.02. The summed E-state index contributed by atoms with van der Waals surface area (Å²) in [6.45, 7) is 3.47. The molecule has 2 rings (SSSR count). The van der Waals surface area contributed by atoms with Crippen molar-refractivity contribution in [3.63, 3.8) is 0 Å². The molecule has 0 aliphatic carbocycles. The Bertz CT molecular complexity index is 788. The second kappa shape index (κ2) is 8.38. The molecule has 0 spiro atoms. The minimum Gasteiger partial charge on any atom is -0.493 e. The van der Waals surface area contributed by atoms with Gasteiger partial charge in [-0.25, -0.2) is 4.79 Å². The lowest BCUT2D eigenvalue weighted by molar-refractivity contribution is -0.141. The normalized spacial score (nSPS) is 11.5. The van der Waals surface area contributed by atoms with Crippen molar-refractivity contribution in [3.05, 3.63) is 59.2 Å². The lowest BCUT2D eigenvalue weighted by Crippen LogP contribution is -2.43. The molecule has 0 aliphatic rings. The van der Waals surface area contributed by atoms with Crippen LogP contribution in [-0.4, -0.2) is 42.1 Å². The van der Waals surface area contributed by atoms with E-state index >= 15 is 0 Å². The van der Waals surface area contributed by atoms with E-state index in [2.05, 4.69) is 0 Å². The van der Waals surface area contributed by atoms with Gasteiger partial charge in [0.15, 0.2) is 11.5 Å². The smallest absolute Gasteiger partial charge is 0.326 e. The number of hydrogen-bond donors (Lipinski definition) is 1. The van der Waals surface area contributed by atoms with E-state index in [1.807, 2.05) is 30.3 Å². The molecule has 1 amide bonds. The molecule has 0 heterocycles. The number of aryl methyl sites for hydroxylation is 1. The maximum Gasteiger partial charge on any atom is 0.326 e. The number of benzene rings is 2. The van der Waals surface area contributed by atoms with Gasteiger partial charge in [-0.3, -0.25) is 4.79 Å². The number of aliphatic carboxylic acids is 1. The van der Waals surface area contributed by atoms with Crippen LogP contribution < -0.4 is 9.47 Å². The van der Waals surface area contributed by atoms with E-state index in [1.54, 1.807) is 19.1 Å². The lowest BCUT2D eigenvalue weighted by atomic mass is 10.0. The van der Waals surface area contributed by atoms with Crippen LogP contribution in [0.1, 0.15) is 28.4 Å². The highest BCUT2D eigenvalue weighted by Gasteiger charge is 2.28. The molecule has 0 saturated carbocycles. The summed E-state index contributed by atoms with van der Waals surface area (Å²) in [4.78, 5) is 26.0. The molecule has 0 radical (unpaired) electrons. The Morgan fingerprint density at radius 3 is 2.19 bits per heavy atom. The first-order valence-electron chi connectivity index (χ1n) is 8.19. The molecule has 1 N–H and O–H groups in total. The Morgan fingerprint density at radius 2 is 1.65 bits per heavy atom. The fraction of sp³-hybridized carbons (Fsp3) is 0.300. The second-order valence-corrected chi connectivity index (χ2v) is 5.95. The zero-order valence-electron chi connectivity index (χ0n) is 15.4. The average Bonchev–Trinajstić information content (AvgIpc) is 2.65. The fourth-order valence-corrected chi connectivity index (χ4v) is 2.66. The van der Waals surface area contributed by atoms with Crippen molar-refractivity contribution < 1.29 is 24.2 Å². The summed E-state index contributed by atoms with van der Waals surface area (Å²) in [5.41, 5.74) is 1.92. The minimum absolute atomic E-state index is 0.195. The van der Waals surface area contributed by atoms with Crippen LogP contribution >= 0.6 is 0 Å². The van der Waals surface area contributed by atoms with Gasteiger partial charge >= 0.3 is 5.97 Å². The maximum absolute atomic E-state index is 13.1. The highest BCUT2D eigenvalue weighted by atomic mass is 16.5. The number of carboxylic acid groups (broad SMARTS) is 1. The number of nitrogens with zero attached hydrogens (tertiary/aromatic N) is 1. The van der Waals surface area contributed by atoms with Crippen molar-refractivity contribution in [1.29, 1.82) is 0 Å². The third kappa shape index (κ3) is 4.14. The van der Waals surface area contributed by atoms with Crippen molar-refractivity contribution in [3.8, 4) is 11.5 Å². The van der Waals surface area contributed by atoms with E-state index in [0.717, 1.165) is 5.56 Å². The quantitative estimate of drug-likeness (QED) is 0.824. The number of methoxy groups -OCH3 is 2. The van der Waals surface area contributed by atoms with Gasteiger partial charge in [0.25, 0.3) is 5.91 Å². The molecule has 1 unspecified atom stereocenters. The van der Waals surface area contributed by atoms with E-state index in [0.29, 0.717) is 22.6 Å². The number of carboxylic acids is 1. The summed E-state index contributed by atoms with van der Waals surface area (Å²) < 4.78 is 10.5. The van der Waals surface area contributed by atoms with Gasteiger partial charge in [-0.15, -0.1) is 0 Å². The molecule has 138 valence electrons. The van der Waals surface area contributed by atoms with Crippen LogP contribution in [-0.2, 0) is 11.3 Å². The zero-order chi connectivity index (χ0) is 19.3. The Balaban J connectivity index is 2.44. The molecule has 26 heavy (non-hydrogen) atoms. The molecular weight excluding hydrogens is 334 g/mol. The van der Waals surface area contributed by atoms with E-state index in [-0.39, 0.29) is 12.5 Å². The van der Waals surface area contributed by atoms with Crippen LogP contribution in [0.4, 0.5) is 0 Å². The number of carbonyl (C=O) groups excluding carboxylic acids is 1. The molecule has 2 aromatic rings. The van der Waals surface area contributed by atoms with E-state index in [9.17, 15) is 14.7 Å². The molecule has 6 nitrogen and oxygen atoms in total. The van der Waals surface area contributed by atoms with Crippen LogP contribution in [0.15, 0.2) is 42.5 Å². The van der Waals surface area contributed by atoms with Crippen molar-refractivity contribution >= 4 is 11.9 Å². The van der Waals surface area contributed by atoms with Crippen LogP contribution in [0, 0.1) is 6.92 Å². The standard InChI is InChI=1S/C20H23NO5/c1-13-10-17(25-3)18(26-4)11-16(13)19(22)21(14(2)20(23)24)12-15-8-6-5-7-9-15/h5-11,14H,12H2,1-4H3,(H,23,24). The summed E-state index contributed by atoms with van der Waals surface area (Å²) in [6, 6.07) is 11.6. The topological polar surface area (TPSA) is 76.1 Å². The van der Waals surface area contributed by atoms with Gasteiger partial charge in [0.1, 0.15) is 6.04 Å². The highest BCUT2D eigenvalue weighted by Crippen LogP contribution is 2.31.